The van der Waals surface area contributed by atoms with E-state index in [9.17, 15) is 14.4 Å². The number of amides is 2. The Morgan fingerprint density at radius 2 is 1.73 bits per heavy atom. The second kappa shape index (κ2) is 10.4. The molecule has 0 saturated heterocycles. The van der Waals surface area contributed by atoms with Crippen molar-refractivity contribution in [1.82, 2.24) is 10.3 Å². The van der Waals surface area contributed by atoms with Crippen LogP contribution in [0, 0.1) is 19.8 Å². The minimum Gasteiger partial charge on any atom is -0.454 e. The van der Waals surface area contributed by atoms with Gasteiger partial charge in [0.25, 0.3) is 11.8 Å². The highest BCUT2D eigenvalue weighted by Crippen LogP contribution is 2.28. The maximum Gasteiger partial charge on any atom is 0.329 e. The highest BCUT2D eigenvalue weighted by Gasteiger charge is 2.27. The Morgan fingerprint density at radius 3 is 2.33 bits per heavy atom. The fourth-order valence-electron chi connectivity index (χ4n) is 2.47. The summed E-state index contributed by atoms with van der Waals surface area (Å²) in [6.07, 6.45) is 1.36. The van der Waals surface area contributed by atoms with Crippen LogP contribution in [0.1, 0.15) is 35.3 Å². The molecule has 2 amide bonds. The van der Waals surface area contributed by atoms with E-state index in [0.717, 1.165) is 5.56 Å². The van der Waals surface area contributed by atoms with Gasteiger partial charge in [0.1, 0.15) is 6.04 Å². The number of nitrogens with zero attached hydrogens (tertiary/aromatic N) is 1. The third-order valence-corrected chi connectivity index (χ3v) is 5.17. The van der Waals surface area contributed by atoms with Crippen molar-refractivity contribution in [2.75, 3.05) is 11.9 Å². The molecule has 9 heteroatoms. The van der Waals surface area contributed by atoms with Gasteiger partial charge in [-0.3, -0.25) is 9.59 Å². The van der Waals surface area contributed by atoms with Crippen LogP contribution < -0.4 is 10.6 Å². The Kier molecular flexibility index (Phi) is 8.20. The molecule has 160 valence electrons. The van der Waals surface area contributed by atoms with Crippen LogP contribution in [0.4, 0.5) is 5.82 Å². The molecule has 2 N–H and O–H groups in total. The first-order valence-electron chi connectivity index (χ1n) is 9.24. The van der Waals surface area contributed by atoms with Crippen LogP contribution in [0.2, 0.25) is 10.0 Å². The Bertz CT molecular complexity index is 946. The van der Waals surface area contributed by atoms with Crippen LogP contribution in [0.3, 0.4) is 0 Å². The number of rotatable bonds is 7. The number of carbonyl (C=O) groups excluding carboxylic acids is 3. The lowest BCUT2D eigenvalue weighted by Gasteiger charge is -2.21. The lowest BCUT2D eigenvalue weighted by atomic mass is 10.0. The van der Waals surface area contributed by atoms with E-state index in [1.54, 1.807) is 45.0 Å². The second-order valence-corrected chi connectivity index (χ2v) is 7.90. The zero-order chi connectivity index (χ0) is 22.4. The molecule has 0 aliphatic heterocycles. The smallest absolute Gasteiger partial charge is 0.329 e. The third kappa shape index (κ3) is 6.18. The zero-order valence-corrected chi connectivity index (χ0v) is 18.6. The standard InChI is InChI=1S/C21H23Cl2N3O4/c1-11(2)18(26-20(28)14-7-5-12(3)6-8-14)21(29)30-10-16(27)25-19-17(23)13(4)15(22)9-24-19/h5-9,11,18H,10H2,1-4H3,(H,26,28)(H,24,25,27)/t18-/m0/s1. The van der Waals surface area contributed by atoms with E-state index in [-0.39, 0.29) is 16.8 Å². The summed E-state index contributed by atoms with van der Waals surface area (Å²) in [5.41, 5.74) is 2.01. The number of ether oxygens (including phenoxy) is 1. The van der Waals surface area contributed by atoms with Crippen LogP contribution in [-0.2, 0) is 14.3 Å². The molecule has 0 bridgehead atoms. The molecule has 30 heavy (non-hydrogen) atoms. The minimum absolute atomic E-state index is 0.118. The maximum atomic E-state index is 12.5. The van der Waals surface area contributed by atoms with Gasteiger partial charge in [0.15, 0.2) is 12.4 Å². The lowest BCUT2D eigenvalue weighted by Crippen LogP contribution is -2.45. The molecule has 1 aromatic carbocycles. The van der Waals surface area contributed by atoms with Crippen molar-refractivity contribution in [3.05, 3.63) is 57.2 Å². The summed E-state index contributed by atoms with van der Waals surface area (Å²) in [6.45, 7) is 6.58. The van der Waals surface area contributed by atoms with Gasteiger partial charge in [-0.05, 0) is 37.5 Å². The van der Waals surface area contributed by atoms with Crippen molar-refractivity contribution in [2.24, 2.45) is 5.92 Å². The molecule has 2 aromatic rings. The van der Waals surface area contributed by atoms with Gasteiger partial charge in [-0.1, -0.05) is 54.7 Å². The fourth-order valence-corrected chi connectivity index (χ4v) is 2.86. The Labute approximate surface area is 185 Å². The predicted octanol–water partition coefficient (Wildman–Crippen LogP) is 3.94. The van der Waals surface area contributed by atoms with Gasteiger partial charge in [-0.15, -0.1) is 0 Å². The number of benzene rings is 1. The van der Waals surface area contributed by atoms with Gasteiger partial charge in [0, 0.05) is 11.8 Å². The number of anilines is 1. The van der Waals surface area contributed by atoms with Crippen LogP contribution in [0.15, 0.2) is 30.5 Å². The molecule has 0 fully saturated rings. The van der Waals surface area contributed by atoms with Crippen LogP contribution in [-0.4, -0.2) is 35.4 Å². The number of esters is 1. The quantitative estimate of drug-likeness (QED) is 0.621. The maximum absolute atomic E-state index is 12.5. The average molecular weight is 452 g/mol. The van der Waals surface area contributed by atoms with E-state index in [4.69, 9.17) is 27.9 Å². The van der Waals surface area contributed by atoms with Crippen molar-refractivity contribution in [1.29, 1.82) is 0 Å². The molecule has 1 aromatic heterocycles. The van der Waals surface area contributed by atoms with Gasteiger partial charge in [0.2, 0.25) is 0 Å². The highest BCUT2D eigenvalue weighted by atomic mass is 35.5. The SMILES string of the molecule is Cc1ccc(C(=O)N[C@H](C(=O)OCC(=O)Nc2ncc(Cl)c(C)c2Cl)C(C)C)cc1. The summed E-state index contributed by atoms with van der Waals surface area (Å²) >= 11 is 12.0. The molecule has 0 unspecified atom stereocenters. The van der Waals surface area contributed by atoms with Crippen molar-refractivity contribution in [2.45, 2.75) is 33.7 Å². The largest absolute Gasteiger partial charge is 0.454 e. The van der Waals surface area contributed by atoms with Crippen LogP contribution in [0.5, 0.6) is 0 Å². The first-order valence-corrected chi connectivity index (χ1v) is 10.00. The Balaban J connectivity index is 1.96. The van der Waals surface area contributed by atoms with E-state index >= 15 is 0 Å². The molecular formula is C21H23Cl2N3O4. The molecular weight excluding hydrogens is 429 g/mol. The van der Waals surface area contributed by atoms with Gasteiger partial charge < -0.3 is 15.4 Å². The number of aromatic nitrogens is 1. The highest BCUT2D eigenvalue weighted by molar-refractivity contribution is 6.37. The van der Waals surface area contributed by atoms with Gasteiger partial charge in [-0.2, -0.15) is 0 Å². The summed E-state index contributed by atoms with van der Waals surface area (Å²) in [5.74, 6) is -1.86. The Hall–Kier alpha value is -2.64. The summed E-state index contributed by atoms with van der Waals surface area (Å²) in [4.78, 5) is 41.0. The lowest BCUT2D eigenvalue weighted by molar-refractivity contribution is -0.150. The predicted molar refractivity (Wildman–Crippen MR) is 116 cm³/mol. The normalized spacial score (nSPS) is 11.7. The fraction of sp³-hybridized carbons (Fsp3) is 0.333. The second-order valence-electron chi connectivity index (χ2n) is 7.11. The monoisotopic (exact) mass is 451 g/mol. The molecule has 0 aliphatic rings. The first kappa shape index (κ1) is 23.6. The molecule has 0 saturated carbocycles. The topological polar surface area (TPSA) is 97.4 Å². The van der Waals surface area contributed by atoms with E-state index in [2.05, 4.69) is 15.6 Å². The number of hydrogen-bond acceptors (Lipinski definition) is 5. The van der Waals surface area contributed by atoms with Gasteiger partial charge in [-0.25, -0.2) is 9.78 Å². The number of carbonyl (C=O) groups is 3. The Morgan fingerprint density at radius 1 is 1.10 bits per heavy atom. The van der Waals surface area contributed by atoms with Gasteiger partial charge >= 0.3 is 5.97 Å². The van der Waals surface area contributed by atoms with Gasteiger partial charge in [0.05, 0.1) is 10.0 Å². The van der Waals surface area contributed by atoms with E-state index in [1.165, 1.54) is 6.20 Å². The van der Waals surface area contributed by atoms with E-state index in [1.807, 2.05) is 6.92 Å². The van der Waals surface area contributed by atoms with Crippen molar-refractivity contribution < 1.29 is 19.1 Å². The molecule has 0 aliphatic carbocycles. The molecule has 2 rings (SSSR count). The number of pyridine rings is 1. The average Bonchev–Trinajstić information content (AvgIpc) is 2.70. The first-order chi connectivity index (χ1) is 14.1. The van der Waals surface area contributed by atoms with Crippen LogP contribution in [0.25, 0.3) is 0 Å². The van der Waals surface area contributed by atoms with E-state index < -0.39 is 30.4 Å². The minimum atomic E-state index is -0.911. The van der Waals surface area contributed by atoms with Crippen molar-refractivity contribution in [3.8, 4) is 0 Å². The number of hydrogen-bond donors (Lipinski definition) is 2. The zero-order valence-electron chi connectivity index (χ0n) is 17.1. The number of halogens is 2. The van der Waals surface area contributed by atoms with Crippen LogP contribution >= 0.6 is 23.2 Å². The summed E-state index contributed by atoms with van der Waals surface area (Å²) < 4.78 is 5.09. The summed E-state index contributed by atoms with van der Waals surface area (Å²) in [6, 6.07) is 6.04. The number of nitrogens with one attached hydrogen (secondary N) is 2. The van der Waals surface area contributed by atoms with Crippen molar-refractivity contribution >= 4 is 46.8 Å². The third-order valence-electron chi connectivity index (χ3n) is 4.33. The number of aryl methyl sites for hydroxylation is 1. The molecule has 1 heterocycles. The van der Waals surface area contributed by atoms with E-state index in [0.29, 0.717) is 16.1 Å². The summed E-state index contributed by atoms with van der Waals surface area (Å²) in [5, 5.41) is 5.69. The molecule has 0 spiro atoms. The molecule has 1 atom stereocenters. The summed E-state index contributed by atoms with van der Waals surface area (Å²) in [7, 11) is 0. The molecule has 0 radical (unpaired) electrons. The molecule has 7 nitrogen and oxygen atoms in total. The van der Waals surface area contributed by atoms with Crippen molar-refractivity contribution in [3.63, 3.8) is 0 Å².